The maximum Gasteiger partial charge on any atom is 0.292 e. The normalized spacial score (nSPS) is 25.9. The molecule has 25 heavy (non-hydrogen) atoms. The largest absolute Gasteiger partial charge is 0.354 e. The first-order valence-corrected chi connectivity index (χ1v) is 9.15. The second kappa shape index (κ2) is 7.18. The summed E-state index contributed by atoms with van der Waals surface area (Å²) in [5, 5.41) is 15.3. The van der Waals surface area contributed by atoms with Crippen molar-refractivity contribution in [3.05, 3.63) is 68.2 Å². The van der Waals surface area contributed by atoms with Gasteiger partial charge in [0.1, 0.15) is 5.70 Å². The predicted octanol–water partition coefficient (Wildman–Crippen LogP) is 4.27. The maximum atomic E-state index is 11.4. The number of allylic oxidation sites excluding steroid dienone is 7. The summed E-state index contributed by atoms with van der Waals surface area (Å²) in [6, 6.07) is 0. The van der Waals surface area contributed by atoms with E-state index in [2.05, 4.69) is 11.4 Å². The highest BCUT2D eigenvalue weighted by Gasteiger charge is 2.36. The molecule has 0 aliphatic heterocycles. The van der Waals surface area contributed by atoms with Crippen LogP contribution in [0.5, 0.6) is 0 Å². The van der Waals surface area contributed by atoms with Crippen molar-refractivity contribution in [3.8, 4) is 0 Å². The highest BCUT2D eigenvalue weighted by molar-refractivity contribution is 6.29. The van der Waals surface area contributed by atoms with Crippen molar-refractivity contribution in [2.45, 2.75) is 51.0 Å². The van der Waals surface area contributed by atoms with Gasteiger partial charge in [0.05, 0.1) is 4.92 Å². The van der Waals surface area contributed by atoms with Crippen LogP contribution in [0, 0.1) is 16.0 Å². The fraction of sp³-hybridized carbons (Fsp3) is 0.474. The molecule has 0 heterocycles. The Balaban J connectivity index is 1.80. The zero-order chi connectivity index (χ0) is 18.0. The molecule has 0 amide bonds. The van der Waals surface area contributed by atoms with E-state index in [4.69, 9.17) is 17.3 Å². The molecular weight excluding hydrogens is 338 g/mol. The summed E-state index contributed by atoms with van der Waals surface area (Å²) in [5.41, 5.74) is 9.12. The van der Waals surface area contributed by atoms with Gasteiger partial charge in [0.2, 0.25) is 0 Å². The molecule has 0 bridgehead atoms. The smallest absolute Gasteiger partial charge is 0.292 e. The molecule has 1 unspecified atom stereocenters. The Kier molecular flexibility index (Phi) is 5.16. The van der Waals surface area contributed by atoms with Crippen LogP contribution >= 0.6 is 11.6 Å². The van der Waals surface area contributed by atoms with Crippen LogP contribution in [0.3, 0.4) is 0 Å². The van der Waals surface area contributed by atoms with Crippen molar-refractivity contribution in [1.29, 1.82) is 0 Å². The van der Waals surface area contributed by atoms with Crippen molar-refractivity contribution < 1.29 is 4.92 Å². The van der Waals surface area contributed by atoms with E-state index in [0.717, 1.165) is 31.4 Å². The minimum absolute atomic E-state index is 0.0371. The summed E-state index contributed by atoms with van der Waals surface area (Å²) in [6.45, 7) is 2.01. The van der Waals surface area contributed by atoms with Gasteiger partial charge in [-0.25, -0.2) is 0 Å². The first-order chi connectivity index (χ1) is 11.9. The Morgan fingerprint density at radius 3 is 2.60 bits per heavy atom. The number of nitro groups is 1. The molecule has 0 spiro atoms. The van der Waals surface area contributed by atoms with E-state index in [-0.39, 0.29) is 22.1 Å². The number of rotatable bonds is 4. The highest BCUT2D eigenvalue weighted by Crippen LogP contribution is 2.39. The molecule has 0 saturated heterocycles. The summed E-state index contributed by atoms with van der Waals surface area (Å²) in [7, 11) is 0. The zero-order valence-corrected chi connectivity index (χ0v) is 15.2. The monoisotopic (exact) mass is 361 g/mol. The second-order valence-electron chi connectivity index (χ2n) is 7.13. The number of hydrogen-bond acceptors (Lipinski definition) is 4. The van der Waals surface area contributed by atoms with Crippen molar-refractivity contribution >= 4 is 11.6 Å². The highest BCUT2D eigenvalue weighted by atomic mass is 35.5. The van der Waals surface area contributed by atoms with Gasteiger partial charge in [-0.05, 0) is 62.2 Å². The van der Waals surface area contributed by atoms with E-state index in [1.54, 1.807) is 6.08 Å². The molecule has 1 fully saturated rings. The van der Waals surface area contributed by atoms with Gasteiger partial charge >= 0.3 is 0 Å². The number of nitrogens with one attached hydrogen (secondary N) is 1. The standard InChI is InChI=1S/C19H24ClN3O2/c1-13-3-9-17(18(23(24)25)10-8-16(13)20)22-15-6-4-14(5-7-15)19(21)11-2-12-19/h4,6,8-10,13,22H,2-3,5,7,11-12,21H2,1H3. The minimum atomic E-state index is -0.372. The number of nitrogens with two attached hydrogens (primary N) is 1. The molecule has 3 N–H and O–H groups in total. The number of nitrogens with zero attached hydrogens (tertiary/aromatic N) is 1. The lowest BCUT2D eigenvalue weighted by molar-refractivity contribution is -0.421. The third-order valence-electron chi connectivity index (χ3n) is 5.35. The van der Waals surface area contributed by atoms with E-state index >= 15 is 0 Å². The number of hydrogen-bond donors (Lipinski definition) is 2. The molecular formula is C19H24ClN3O2. The van der Waals surface area contributed by atoms with Crippen LogP contribution in [0.2, 0.25) is 0 Å². The summed E-state index contributed by atoms with van der Waals surface area (Å²) >= 11 is 6.14. The lowest BCUT2D eigenvalue weighted by Gasteiger charge is -2.41. The second-order valence-corrected chi connectivity index (χ2v) is 7.57. The Morgan fingerprint density at radius 2 is 2.04 bits per heavy atom. The van der Waals surface area contributed by atoms with Crippen LogP contribution < -0.4 is 11.1 Å². The average molecular weight is 362 g/mol. The van der Waals surface area contributed by atoms with E-state index in [9.17, 15) is 10.1 Å². The van der Waals surface area contributed by atoms with Gasteiger partial charge in [-0.3, -0.25) is 10.1 Å². The molecule has 6 heteroatoms. The fourth-order valence-corrected chi connectivity index (χ4v) is 3.56. The maximum absolute atomic E-state index is 11.4. The van der Waals surface area contributed by atoms with Gasteiger partial charge in [0, 0.05) is 22.3 Å². The zero-order valence-electron chi connectivity index (χ0n) is 14.4. The molecule has 3 aliphatic carbocycles. The molecule has 0 radical (unpaired) electrons. The molecule has 0 aromatic carbocycles. The quantitative estimate of drug-likeness (QED) is 0.578. The van der Waals surface area contributed by atoms with E-state index in [1.807, 2.05) is 19.1 Å². The average Bonchev–Trinajstić information content (AvgIpc) is 2.56. The lowest BCUT2D eigenvalue weighted by atomic mass is 9.70. The lowest BCUT2D eigenvalue weighted by Crippen LogP contribution is -2.48. The van der Waals surface area contributed by atoms with Gasteiger partial charge < -0.3 is 11.1 Å². The van der Waals surface area contributed by atoms with Gasteiger partial charge in [-0.2, -0.15) is 0 Å². The van der Waals surface area contributed by atoms with Crippen LogP contribution in [-0.2, 0) is 0 Å². The van der Waals surface area contributed by atoms with Crippen LogP contribution in [0.25, 0.3) is 0 Å². The SMILES string of the molecule is CC1CC=C(NC2=CC=C(C3(N)CCC3)CC2)C([N+](=O)[O-])=CC=C1Cl. The Bertz CT molecular complexity index is 727. The van der Waals surface area contributed by atoms with Gasteiger partial charge in [0.25, 0.3) is 5.70 Å². The van der Waals surface area contributed by atoms with Crippen molar-refractivity contribution in [2.24, 2.45) is 11.7 Å². The topological polar surface area (TPSA) is 81.2 Å². The number of halogens is 1. The third kappa shape index (κ3) is 3.88. The Hall–Kier alpha value is -1.85. The molecule has 3 aliphatic rings. The molecule has 0 aromatic heterocycles. The first-order valence-electron chi connectivity index (χ1n) is 8.77. The van der Waals surface area contributed by atoms with Crippen LogP contribution in [-0.4, -0.2) is 10.5 Å². The van der Waals surface area contributed by atoms with Crippen molar-refractivity contribution in [2.75, 3.05) is 0 Å². The summed E-state index contributed by atoms with van der Waals surface area (Å²) < 4.78 is 0. The van der Waals surface area contributed by atoms with Crippen molar-refractivity contribution in [3.63, 3.8) is 0 Å². The molecule has 5 nitrogen and oxygen atoms in total. The summed E-state index contributed by atoms with van der Waals surface area (Å²) in [5.74, 6) is 0.144. The van der Waals surface area contributed by atoms with E-state index in [0.29, 0.717) is 17.2 Å². The Labute approximate surface area is 153 Å². The molecule has 134 valence electrons. The summed E-state index contributed by atoms with van der Waals surface area (Å²) in [4.78, 5) is 11.1. The molecule has 1 saturated carbocycles. The van der Waals surface area contributed by atoms with Crippen LogP contribution in [0.15, 0.2) is 58.1 Å². The summed E-state index contributed by atoms with van der Waals surface area (Å²) in [6.07, 6.45) is 14.8. The first kappa shape index (κ1) is 18.0. The van der Waals surface area contributed by atoms with Crippen molar-refractivity contribution in [1.82, 2.24) is 5.32 Å². The fourth-order valence-electron chi connectivity index (χ4n) is 3.41. The minimum Gasteiger partial charge on any atom is -0.354 e. The molecule has 3 rings (SSSR count). The van der Waals surface area contributed by atoms with E-state index in [1.165, 1.54) is 18.1 Å². The van der Waals surface area contributed by atoms with Crippen LogP contribution in [0.1, 0.15) is 45.4 Å². The van der Waals surface area contributed by atoms with Gasteiger partial charge in [-0.1, -0.05) is 30.7 Å². The van der Waals surface area contributed by atoms with Gasteiger partial charge in [0.15, 0.2) is 0 Å². The third-order valence-corrected chi connectivity index (χ3v) is 5.85. The van der Waals surface area contributed by atoms with Gasteiger partial charge in [-0.15, -0.1) is 0 Å². The predicted molar refractivity (Wildman–Crippen MR) is 100 cm³/mol. The van der Waals surface area contributed by atoms with E-state index < -0.39 is 0 Å². The molecule has 1 atom stereocenters. The van der Waals surface area contributed by atoms with Crippen LogP contribution in [0.4, 0.5) is 0 Å². The Morgan fingerprint density at radius 1 is 1.28 bits per heavy atom. The molecule has 0 aromatic rings.